The third-order valence-electron chi connectivity index (χ3n) is 6.53. The zero-order chi connectivity index (χ0) is 23.8. The van der Waals surface area contributed by atoms with Crippen LogP contribution in [0.15, 0.2) is 116 Å². The van der Waals surface area contributed by atoms with E-state index in [1.165, 1.54) is 16.5 Å². The minimum atomic E-state index is -0.0803. The quantitative estimate of drug-likeness (QED) is 0.280. The molecule has 6 rings (SSSR count). The molecule has 0 aliphatic rings. The van der Waals surface area contributed by atoms with Crippen molar-refractivity contribution in [1.82, 2.24) is 9.13 Å². The van der Waals surface area contributed by atoms with E-state index in [0.29, 0.717) is 11.3 Å². The van der Waals surface area contributed by atoms with Gasteiger partial charge in [-0.05, 0) is 64.5 Å². The fraction of sp³-hybridized carbons (Fsp3) is 0.0645. The van der Waals surface area contributed by atoms with Crippen molar-refractivity contribution in [3.05, 3.63) is 127 Å². The molecule has 4 heteroatoms. The molecule has 0 bridgehead atoms. The molecule has 35 heavy (non-hydrogen) atoms. The molecule has 0 spiro atoms. The molecule has 0 saturated carbocycles. The Morgan fingerprint density at radius 1 is 0.714 bits per heavy atom. The maximum atomic E-state index is 13.3. The Morgan fingerprint density at radius 2 is 1.43 bits per heavy atom. The van der Waals surface area contributed by atoms with Crippen LogP contribution >= 0.6 is 0 Å². The summed E-state index contributed by atoms with van der Waals surface area (Å²) >= 11 is 0. The maximum Gasteiger partial charge on any atom is 0.262 e. The van der Waals surface area contributed by atoms with Gasteiger partial charge in [0.05, 0.1) is 12.6 Å². The van der Waals surface area contributed by atoms with Gasteiger partial charge in [0.15, 0.2) is 0 Å². The van der Waals surface area contributed by atoms with E-state index in [1.54, 1.807) is 17.7 Å². The third kappa shape index (κ3) is 3.89. The predicted molar refractivity (Wildman–Crippen MR) is 141 cm³/mol. The van der Waals surface area contributed by atoms with Crippen LogP contribution in [-0.2, 0) is 6.54 Å². The van der Waals surface area contributed by atoms with E-state index in [-0.39, 0.29) is 5.91 Å². The molecular formula is C31H24N2O2. The highest BCUT2D eigenvalue weighted by atomic mass is 16.5. The first-order valence-electron chi connectivity index (χ1n) is 11.6. The van der Waals surface area contributed by atoms with Crippen LogP contribution in [0.4, 0.5) is 0 Å². The summed E-state index contributed by atoms with van der Waals surface area (Å²) in [4.78, 5) is 13.3. The van der Waals surface area contributed by atoms with Gasteiger partial charge in [0.2, 0.25) is 0 Å². The average Bonchev–Trinajstić information content (AvgIpc) is 3.52. The lowest BCUT2D eigenvalue weighted by Gasteiger charge is -2.09. The fourth-order valence-corrected chi connectivity index (χ4v) is 4.66. The van der Waals surface area contributed by atoms with Crippen molar-refractivity contribution in [2.45, 2.75) is 6.54 Å². The monoisotopic (exact) mass is 456 g/mol. The summed E-state index contributed by atoms with van der Waals surface area (Å²) in [6.07, 6.45) is 3.98. The van der Waals surface area contributed by atoms with Crippen LogP contribution in [0, 0.1) is 0 Å². The lowest BCUT2D eigenvalue weighted by atomic mass is 10.0. The molecule has 0 aliphatic heterocycles. The largest absolute Gasteiger partial charge is 0.497 e. The van der Waals surface area contributed by atoms with Gasteiger partial charge < -0.3 is 9.30 Å². The molecule has 0 amide bonds. The molecule has 4 nitrogen and oxygen atoms in total. The molecule has 170 valence electrons. The number of ether oxygens (including phenoxy) is 1. The van der Waals surface area contributed by atoms with Crippen molar-refractivity contribution in [3.63, 3.8) is 0 Å². The van der Waals surface area contributed by atoms with Gasteiger partial charge in [0.25, 0.3) is 5.91 Å². The Morgan fingerprint density at radius 3 is 2.20 bits per heavy atom. The average molecular weight is 457 g/mol. The first kappa shape index (κ1) is 21.0. The molecule has 0 fully saturated rings. The van der Waals surface area contributed by atoms with Crippen molar-refractivity contribution in [3.8, 4) is 16.9 Å². The lowest BCUT2D eigenvalue weighted by molar-refractivity contribution is 0.0964. The van der Waals surface area contributed by atoms with Gasteiger partial charge in [-0.3, -0.25) is 9.36 Å². The van der Waals surface area contributed by atoms with Gasteiger partial charge in [-0.25, -0.2) is 0 Å². The fourth-order valence-electron chi connectivity index (χ4n) is 4.66. The van der Waals surface area contributed by atoms with E-state index >= 15 is 0 Å². The third-order valence-corrected chi connectivity index (χ3v) is 6.53. The Bertz CT molecular complexity index is 1680. The minimum absolute atomic E-state index is 0.0803. The number of carbonyl (C=O) groups is 1. The van der Waals surface area contributed by atoms with Crippen molar-refractivity contribution in [2.75, 3.05) is 7.11 Å². The number of aromatic nitrogens is 2. The molecule has 2 aromatic heterocycles. The molecule has 4 aromatic carbocycles. The van der Waals surface area contributed by atoms with Gasteiger partial charge in [-0.15, -0.1) is 0 Å². The molecule has 0 N–H and O–H groups in total. The van der Waals surface area contributed by atoms with Crippen LogP contribution in [0.3, 0.4) is 0 Å². The second kappa shape index (κ2) is 8.65. The molecule has 0 radical (unpaired) electrons. The summed E-state index contributed by atoms with van der Waals surface area (Å²) in [7, 11) is 1.61. The highest BCUT2D eigenvalue weighted by Gasteiger charge is 2.14. The summed E-state index contributed by atoms with van der Waals surface area (Å²) < 4.78 is 9.29. The summed E-state index contributed by atoms with van der Waals surface area (Å²) in [6.45, 7) is 0.824. The molecule has 0 saturated heterocycles. The first-order valence-corrected chi connectivity index (χ1v) is 11.6. The van der Waals surface area contributed by atoms with Crippen LogP contribution in [0.2, 0.25) is 0 Å². The summed E-state index contributed by atoms with van der Waals surface area (Å²) in [5.41, 5.74) is 6.13. The van der Waals surface area contributed by atoms with Crippen molar-refractivity contribution >= 4 is 27.7 Å². The van der Waals surface area contributed by atoms with Crippen molar-refractivity contribution in [1.29, 1.82) is 0 Å². The van der Waals surface area contributed by atoms with E-state index in [2.05, 4.69) is 77.5 Å². The van der Waals surface area contributed by atoms with Crippen LogP contribution in [0.5, 0.6) is 5.75 Å². The smallest absolute Gasteiger partial charge is 0.262 e. The summed E-state index contributed by atoms with van der Waals surface area (Å²) in [5, 5.41) is 2.24. The standard InChI is InChI=1S/C31H24N2O2/c1-35-28-9-5-8-27(18-28)31(34)33-17-15-24-11-13-26(20-30(24)33)25-12-10-23-14-16-32(29(23)19-25)21-22-6-3-2-4-7-22/h2-20H,21H2,1H3. The Balaban J connectivity index is 1.39. The van der Waals surface area contributed by atoms with E-state index < -0.39 is 0 Å². The minimum Gasteiger partial charge on any atom is -0.497 e. The van der Waals surface area contributed by atoms with Gasteiger partial charge in [0, 0.05) is 35.4 Å². The van der Waals surface area contributed by atoms with Crippen molar-refractivity contribution < 1.29 is 9.53 Å². The Kier molecular flexibility index (Phi) is 5.19. The lowest BCUT2D eigenvalue weighted by Crippen LogP contribution is -2.10. The Labute approximate surface area is 203 Å². The normalized spacial score (nSPS) is 11.2. The van der Waals surface area contributed by atoms with E-state index in [0.717, 1.165) is 28.6 Å². The number of benzene rings is 4. The number of fused-ring (bicyclic) bond motifs is 2. The molecule has 0 unspecified atom stereocenters. The van der Waals surface area contributed by atoms with Gasteiger partial charge in [-0.1, -0.05) is 60.7 Å². The second-order valence-electron chi connectivity index (χ2n) is 8.70. The molecule has 6 aromatic rings. The topological polar surface area (TPSA) is 36.2 Å². The van der Waals surface area contributed by atoms with E-state index in [1.807, 2.05) is 36.5 Å². The highest BCUT2D eigenvalue weighted by Crippen LogP contribution is 2.29. The van der Waals surface area contributed by atoms with Gasteiger partial charge in [0.1, 0.15) is 5.75 Å². The maximum absolute atomic E-state index is 13.3. The SMILES string of the molecule is COc1cccc(C(=O)n2ccc3ccc(-c4ccc5ccn(Cc6ccccc6)c5c4)cc32)c1. The number of hydrogen-bond donors (Lipinski definition) is 0. The second-order valence-corrected chi connectivity index (χ2v) is 8.70. The van der Waals surface area contributed by atoms with Crippen LogP contribution in [0.25, 0.3) is 32.9 Å². The van der Waals surface area contributed by atoms with E-state index in [4.69, 9.17) is 4.74 Å². The van der Waals surface area contributed by atoms with Crippen LogP contribution in [0.1, 0.15) is 15.9 Å². The van der Waals surface area contributed by atoms with Crippen LogP contribution < -0.4 is 4.74 Å². The van der Waals surface area contributed by atoms with E-state index in [9.17, 15) is 4.79 Å². The number of methoxy groups -OCH3 is 1. The van der Waals surface area contributed by atoms with Gasteiger partial charge >= 0.3 is 0 Å². The molecular weight excluding hydrogens is 432 g/mol. The predicted octanol–water partition coefficient (Wildman–Crippen LogP) is 7.01. The zero-order valence-corrected chi connectivity index (χ0v) is 19.4. The summed E-state index contributed by atoms with van der Waals surface area (Å²) in [5.74, 6) is 0.586. The number of rotatable bonds is 5. The van der Waals surface area contributed by atoms with Crippen LogP contribution in [-0.4, -0.2) is 22.2 Å². The number of nitrogens with zero attached hydrogens (tertiary/aromatic N) is 2. The van der Waals surface area contributed by atoms with Crippen molar-refractivity contribution in [2.24, 2.45) is 0 Å². The zero-order valence-electron chi connectivity index (χ0n) is 19.4. The molecule has 0 aliphatic carbocycles. The molecule has 2 heterocycles. The Hall–Kier alpha value is -4.57. The highest BCUT2D eigenvalue weighted by molar-refractivity contribution is 6.03. The molecule has 0 atom stereocenters. The summed E-state index contributed by atoms with van der Waals surface area (Å²) in [6, 6.07) is 34.7. The number of hydrogen-bond acceptors (Lipinski definition) is 2. The number of carbonyl (C=O) groups excluding carboxylic acids is 1. The first-order chi connectivity index (χ1) is 17.2. The van der Waals surface area contributed by atoms with Gasteiger partial charge in [-0.2, -0.15) is 0 Å².